The molecule has 0 fully saturated rings. The lowest BCUT2D eigenvalue weighted by atomic mass is 10.1. The average molecular weight is 233 g/mol. The van der Waals surface area contributed by atoms with E-state index in [1.54, 1.807) is 12.1 Å². The van der Waals surface area contributed by atoms with Crippen molar-refractivity contribution in [3.05, 3.63) is 29.8 Å². The van der Waals surface area contributed by atoms with E-state index in [1.807, 2.05) is 31.1 Å². The molecule has 1 aromatic carbocycles. The Morgan fingerprint density at radius 1 is 1.35 bits per heavy atom. The molecule has 0 bridgehead atoms. The van der Waals surface area contributed by atoms with Gasteiger partial charge in [0, 0.05) is 25.7 Å². The third kappa shape index (κ3) is 3.82. The molecule has 0 spiro atoms. The van der Waals surface area contributed by atoms with E-state index in [-0.39, 0.29) is 0 Å². The zero-order chi connectivity index (χ0) is 12.8. The lowest BCUT2D eigenvalue weighted by Crippen LogP contribution is -2.08. The topological polar surface area (TPSA) is 49.8 Å². The summed E-state index contributed by atoms with van der Waals surface area (Å²) in [5, 5.41) is 9.70. The second kappa shape index (κ2) is 5.92. The summed E-state index contributed by atoms with van der Waals surface area (Å²) in [6.07, 6.45) is -0.981. The fraction of sp³-hybridized carbons (Fsp3) is 0.308. The van der Waals surface area contributed by atoms with E-state index >= 15 is 0 Å². The lowest BCUT2D eigenvalue weighted by Gasteiger charge is -2.13. The van der Waals surface area contributed by atoms with Gasteiger partial charge in [-0.15, -0.1) is 0 Å². The number of esters is 1. The normalized spacial score (nSPS) is 11.1. The first kappa shape index (κ1) is 13.1. The van der Waals surface area contributed by atoms with Crippen molar-refractivity contribution in [1.82, 2.24) is 0 Å². The highest BCUT2D eigenvalue weighted by molar-refractivity contribution is 5.88. The van der Waals surface area contributed by atoms with Crippen LogP contribution in [0.4, 0.5) is 5.69 Å². The van der Waals surface area contributed by atoms with Gasteiger partial charge in [-0.1, -0.05) is 18.1 Å². The monoisotopic (exact) mass is 233 g/mol. The summed E-state index contributed by atoms with van der Waals surface area (Å²) in [5.41, 5.74) is 1.67. The molecule has 4 heteroatoms. The molecule has 4 nitrogen and oxygen atoms in total. The lowest BCUT2D eigenvalue weighted by molar-refractivity contribution is -0.133. The summed E-state index contributed by atoms with van der Waals surface area (Å²) in [4.78, 5) is 12.7. The van der Waals surface area contributed by atoms with Crippen LogP contribution in [-0.4, -0.2) is 32.3 Å². The Hall–Kier alpha value is -1.99. The molecular formula is C13H15NO3. The SMILES string of the molecule is COC(=O)C#CC(O)c1ccc(N(C)C)cc1. The van der Waals surface area contributed by atoms with Crippen molar-refractivity contribution >= 4 is 11.7 Å². The van der Waals surface area contributed by atoms with Gasteiger partial charge in [-0.05, 0) is 17.7 Å². The van der Waals surface area contributed by atoms with Gasteiger partial charge < -0.3 is 14.7 Å². The number of methoxy groups -OCH3 is 1. The van der Waals surface area contributed by atoms with E-state index in [1.165, 1.54) is 7.11 Å². The van der Waals surface area contributed by atoms with E-state index in [2.05, 4.69) is 16.6 Å². The fourth-order valence-electron chi connectivity index (χ4n) is 1.22. The molecule has 0 aromatic heterocycles. The summed E-state index contributed by atoms with van der Waals surface area (Å²) in [7, 11) is 5.11. The van der Waals surface area contributed by atoms with Gasteiger partial charge in [0.15, 0.2) is 0 Å². The minimum Gasteiger partial charge on any atom is -0.459 e. The molecule has 1 atom stereocenters. The average Bonchev–Trinajstić information content (AvgIpc) is 2.35. The summed E-state index contributed by atoms with van der Waals surface area (Å²) < 4.78 is 4.36. The van der Waals surface area contributed by atoms with Crippen molar-refractivity contribution in [3.63, 3.8) is 0 Å². The number of benzene rings is 1. The number of ether oxygens (including phenoxy) is 1. The highest BCUT2D eigenvalue weighted by Gasteiger charge is 2.04. The second-order valence-corrected chi connectivity index (χ2v) is 3.65. The van der Waals surface area contributed by atoms with Crippen molar-refractivity contribution in [1.29, 1.82) is 0 Å². The zero-order valence-electron chi connectivity index (χ0n) is 10.1. The molecule has 0 radical (unpaired) electrons. The first-order valence-corrected chi connectivity index (χ1v) is 5.09. The number of aliphatic hydroxyl groups excluding tert-OH is 1. The van der Waals surface area contributed by atoms with Gasteiger partial charge in [-0.2, -0.15) is 0 Å². The molecule has 90 valence electrons. The van der Waals surface area contributed by atoms with Crippen molar-refractivity contribution in [2.45, 2.75) is 6.10 Å². The first-order chi connectivity index (χ1) is 8.04. The van der Waals surface area contributed by atoms with Crippen LogP contribution in [0, 0.1) is 11.8 Å². The van der Waals surface area contributed by atoms with Crippen LogP contribution in [0.25, 0.3) is 0 Å². The first-order valence-electron chi connectivity index (χ1n) is 5.09. The predicted molar refractivity (Wildman–Crippen MR) is 65.5 cm³/mol. The summed E-state index contributed by atoms with van der Waals surface area (Å²) in [6, 6.07) is 7.29. The number of aliphatic hydroxyl groups is 1. The van der Waals surface area contributed by atoms with Gasteiger partial charge in [0.05, 0.1) is 7.11 Å². The molecule has 0 saturated carbocycles. The van der Waals surface area contributed by atoms with E-state index in [0.29, 0.717) is 5.56 Å². The maximum absolute atomic E-state index is 10.8. The Bertz CT molecular complexity index is 440. The number of hydrogen-bond acceptors (Lipinski definition) is 4. The molecule has 17 heavy (non-hydrogen) atoms. The standard InChI is InChI=1S/C13H15NO3/c1-14(2)11-6-4-10(5-7-11)12(15)8-9-13(16)17-3/h4-7,12,15H,1-3H3. The molecule has 0 heterocycles. The quantitative estimate of drug-likeness (QED) is 0.469. The molecule has 1 N–H and O–H groups in total. The number of rotatable bonds is 2. The van der Waals surface area contributed by atoms with E-state index < -0.39 is 12.1 Å². The van der Waals surface area contributed by atoms with E-state index in [4.69, 9.17) is 0 Å². The maximum Gasteiger partial charge on any atom is 0.384 e. The molecule has 1 aromatic rings. The predicted octanol–water partition coefficient (Wildman–Crippen LogP) is 0.962. The van der Waals surface area contributed by atoms with Crippen LogP contribution in [0.5, 0.6) is 0 Å². The molecule has 0 saturated heterocycles. The molecular weight excluding hydrogens is 218 g/mol. The summed E-state index contributed by atoms with van der Waals surface area (Å²) in [5.74, 6) is 3.95. The maximum atomic E-state index is 10.8. The number of nitrogens with zero attached hydrogens (tertiary/aromatic N) is 1. The van der Waals surface area contributed by atoms with E-state index in [0.717, 1.165) is 5.69 Å². The van der Waals surface area contributed by atoms with Crippen LogP contribution in [0.1, 0.15) is 11.7 Å². The number of hydrogen-bond donors (Lipinski definition) is 1. The van der Waals surface area contributed by atoms with Crippen LogP contribution in [-0.2, 0) is 9.53 Å². The largest absolute Gasteiger partial charge is 0.459 e. The van der Waals surface area contributed by atoms with Crippen molar-refractivity contribution in [2.24, 2.45) is 0 Å². The highest BCUT2D eigenvalue weighted by Crippen LogP contribution is 2.17. The number of carbonyl (C=O) groups excluding carboxylic acids is 1. The number of carbonyl (C=O) groups is 1. The van der Waals surface area contributed by atoms with Gasteiger partial charge in [0.25, 0.3) is 0 Å². The van der Waals surface area contributed by atoms with Crippen molar-refractivity contribution < 1.29 is 14.6 Å². The smallest absolute Gasteiger partial charge is 0.384 e. The molecule has 1 unspecified atom stereocenters. The molecule has 0 aliphatic heterocycles. The third-order valence-corrected chi connectivity index (χ3v) is 2.22. The minimum absolute atomic E-state index is 0.645. The summed E-state index contributed by atoms with van der Waals surface area (Å²) in [6.45, 7) is 0. The van der Waals surface area contributed by atoms with Crippen LogP contribution in [0.3, 0.4) is 0 Å². The van der Waals surface area contributed by atoms with Crippen molar-refractivity contribution in [3.8, 4) is 11.8 Å². The fourth-order valence-corrected chi connectivity index (χ4v) is 1.22. The summed E-state index contributed by atoms with van der Waals surface area (Å²) >= 11 is 0. The Morgan fingerprint density at radius 3 is 2.41 bits per heavy atom. The molecule has 0 aliphatic carbocycles. The zero-order valence-corrected chi connectivity index (χ0v) is 10.1. The third-order valence-electron chi connectivity index (χ3n) is 2.22. The Balaban J connectivity index is 2.78. The molecule has 0 amide bonds. The van der Waals surface area contributed by atoms with Crippen molar-refractivity contribution in [2.75, 3.05) is 26.1 Å². The highest BCUT2D eigenvalue weighted by atomic mass is 16.5. The van der Waals surface area contributed by atoms with Gasteiger partial charge in [0.2, 0.25) is 0 Å². The Kier molecular flexibility index (Phi) is 4.56. The van der Waals surface area contributed by atoms with E-state index in [9.17, 15) is 9.90 Å². The minimum atomic E-state index is -0.981. The molecule has 1 rings (SSSR count). The van der Waals surface area contributed by atoms with Gasteiger partial charge in [0.1, 0.15) is 6.10 Å². The van der Waals surface area contributed by atoms with Crippen LogP contribution in [0.2, 0.25) is 0 Å². The second-order valence-electron chi connectivity index (χ2n) is 3.65. The Morgan fingerprint density at radius 2 is 1.94 bits per heavy atom. The van der Waals surface area contributed by atoms with Crippen LogP contribution in [0.15, 0.2) is 24.3 Å². The van der Waals surface area contributed by atoms with Gasteiger partial charge in [-0.25, -0.2) is 4.79 Å². The van der Waals surface area contributed by atoms with Gasteiger partial charge in [-0.3, -0.25) is 0 Å². The molecule has 0 aliphatic rings. The Labute approximate surface area is 101 Å². The number of anilines is 1. The van der Waals surface area contributed by atoms with Crippen LogP contribution >= 0.6 is 0 Å². The van der Waals surface area contributed by atoms with Gasteiger partial charge >= 0.3 is 5.97 Å². The van der Waals surface area contributed by atoms with Crippen LogP contribution < -0.4 is 4.90 Å².